The predicted octanol–water partition coefficient (Wildman–Crippen LogP) is 4.37. The molecule has 0 aliphatic carbocycles. The molecule has 11 heteroatoms. The van der Waals surface area contributed by atoms with Crippen molar-refractivity contribution in [1.82, 2.24) is 19.8 Å². The van der Waals surface area contributed by atoms with Crippen molar-refractivity contribution in [2.45, 2.75) is 25.0 Å². The topological polar surface area (TPSA) is 72.9 Å². The number of rotatable bonds is 6. The fourth-order valence-corrected chi connectivity index (χ4v) is 6.15. The molecule has 0 bridgehead atoms. The number of aryl methyl sites for hydroxylation is 1. The lowest BCUT2D eigenvalue weighted by Crippen LogP contribution is -2.54. The molecule has 1 atom stereocenters. The third-order valence-corrected chi connectivity index (χ3v) is 8.40. The summed E-state index contributed by atoms with van der Waals surface area (Å²) in [6, 6.07) is 15.6. The van der Waals surface area contributed by atoms with Crippen LogP contribution in [0.15, 0.2) is 59.8 Å². The van der Waals surface area contributed by atoms with Gasteiger partial charge >= 0.3 is 0 Å². The van der Waals surface area contributed by atoms with Gasteiger partial charge in [0.1, 0.15) is 16.8 Å². The second-order valence-corrected chi connectivity index (χ2v) is 11.4. The highest BCUT2D eigenvalue weighted by molar-refractivity contribution is 7.99. The van der Waals surface area contributed by atoms with E-state index in [0.717, 1.165) is 13.1 Å². The summed E-state index contributed by atoms with van der Waals surface area (Å²) < 4.78 is 13.3. The Bertz CT molecular complexity index is 1370. The molecule has 2 saturated heterocycles. The van der Waals surface area contributed by atoms with Crippen molar-refractivity contribution >= 4 is 46.7 Å². The van der Waals surface area contributed by atoms with Crippen LogP contribution in [0, 0.1) is 12.7 Å². The minimum Gasteiger partial charge on any atom is -0.368 e. The van der Waals surface area contributed by atoms with Gasteiger partial charge < -0.3 is 19.6 Å². The van der Waals surface area contributed by atoms with E-state index >= 15 is 0 Å². The largest absolute Gasteiger partial charge is 0.368 e. The molecule has 2 amide bonds. The quantitative estimate of drug-likeness (QED) is 0.243. The molecule has 40 heavy (non-hydrogen) atoms. The minimum atomic E-state index is -0.369. The highest BCUT2D eigenvalue weighted by Gasteiger charge is 2.29. The Hall–Kier alpha value is -3.37. The molecular formula is C29H32ClFN6O2S. The molecule has 210 valence electrons. The molecule has 2 aliphatic rings. The van der Waals surface area contributed by atoms with Crippen molar-refractivity contribution in [3.63, 3.8) is 0 Å². The summed E-state index contributed by atoms with van der Waals surface area (Å²) in [5.74, 6) is 0.470. The van der Waals surface area contributed by atoms with E-state index in [0.29, 0.717) is 54.4 Å². The van der Waals surface area contributed by atoms with Crippen LogP contribution in [0.2, 0.25) is 5.15 Å². The van der Waals surface area contributed by atoms with Gasteiger partial charge in [0.25, 0.3) is 5.91 Å². The maximum absolute atomic E-state index is 13.3. The summed E-state index contributed by atoms with van der Waals surface area (Å²) >= 11 is 7.63. The van der Waals surface area contributed by atoms with Crippen molar-refractivity contribution in [1.29, 1.82) is 0 Å². The average Bonchev–Trinajstić information content (AvgIpc) is 2.96. The standard InChI is InChI=1S/C29H32ClFN6O2S/c1-20-5-3-4-6-24(20)34-11-13-35(14-12-34)27(38)19-40-29-32-25(30)17-26(33-29)36-15-16-37(21(2)18-36)28(39)22-7-9-23(31)10-8-22/h3-10,17,21H,11-16,18-19H2,1-2H3. The first-order chi connectivity index (χ1) is 19.3. The van der Waals surface area contributed by atoms with E-state index < -0.39 is 0 Å². The molecule has 0 spiro atoms. The monoisotopic (exact) mass is 582 g/mol. The number of aromatic nitrogens is 2. The van der Waals surface area contributed by atoms with E-state index in [9.17, 15) is 14.0 Å². The Morgan fingerprint density at radius 1 is 0.975 bits per heavy atom. The molecule has 0 saturated carbocycles. The van der Waals surface area contributed by atoms with Crippen LogP contribution in [0.4, 0.5) is 15.9 Å². The van der Waals surface area contributed by atoms with E-state index in [1.807, 2.05) is 24.0 Å². The first kappa shape index (κ1) is 28.2. The van der Waals surface area contributed by atoms with E-state index in [1.165, 1.54) is 47.3 Å². The van der Waals surface area contributed by atoms with E-state index in [-0.39, 0.29) is 29.4 Å². The third-order valence-electron chi connectivity index (χ3n) is 7.38. The Kier molecular flexibility index (Phi) is 8.75. The molecule has 1 aromatic heterocycles. The molecule has 0 radical (unpaired) electrons. The molecule has 5 rings (SSSR count). The normalized spacial score (nSPS) is 17.8. The van der Waals surface area contributed by atoms with Crippen molar-refractivity contribution in [3.05, 3.63) is 76.7 Å². The van der Waals surface area contributed by atoms with Gasteiger partial charge in [-0.2, -0.15) is 0 Å². The number of para-hydroxylation sites is 1. The summed E-state index contributed by atoms with van der Waals surface area (Å²) in [6.07, 6.45) is 0. The second kappa shape index (κ2) is 12.4. The van der Waals surface area contributed by atoms with Crippen LogP contribution in [0.3, 0.4) is 0 Å². The van der Waals surface area contributed by atoms with Crippen LogP contribution in [-0.4, -0.2) is 89.2 Å². The fraction of sp³-hybridized carbons (Fsp3) is 0.379. The Morgan fingerprint density at radius 2 is 1.68 bits per heavy atom. The number of halogens is 2. The molecule has 2 fully saturated rings. The van der Waals surface area contributed by atoms with Crippen LogP contribution in [0.25, 0.3) is 0 Å². The fourth-order valence-electron chi connectivity index (χ4n) is 5.17. The molecule has 3 aromatic rings. The number of amides is 2. The van der Waals surface area contributed by atoms with E-state index in [2.05, 4.69) is 38.8 Å². The zero-order valence-corrected chi connectivity index (χ0v) is 24.2. The summed E-state index contributed by atoms with van der Waals surface area (Å²) in [5, 5.41) is 0.760. The van der Waals surface area contributed by atoms with Gasteiger partial charge in [0.15, 0.2) is 5.16 Å². The lowest BCUT2D eigenvalue weighted by Gasteiger charge is -2.40. The number of thioether (sulfide) groups is 1. The lowest BCUT2D eigenvalue weighted by molar-refractivity contribution is -0.128. The van der Waals surface area contributed by atoms with Crippen molar-refractivity contribution in [2.75, 3.05) is 61.4 Å². The number of carbonyl (C=O) groups excluding carboxylic acids is 2. The molecule has 2 aliphatic heterocycles. The maximum Gasteiger partial charge on any atom is 0.254 e. The van der Waals surface area contributed by atoms with Gasteiger partial charge in [-0.05, 0) is 49.7 Å². The van der Waals surface area contributed by atoms with E-state index in [4.69, 9.17) is 11.6 Å². The predicted molar refractivity (Wildman–Crippen MR) is 157 cm³/mol. The molecular weight excluding hydrogens is 551 g/mol. The van der Waals surface area contributed by atoms with Gasteiger partial charge in [0.05, 0.1) is 5.75 Å². The van der Waals surface area contributed by atoms with Gasteiger partial charge in [0.2, 0.25) is 5.91 Å². The van der Waals surface area contributed by atoms with Gasteiger partial charge in [-0.1, -0.05) is 41.6 Å². The highest BCUT2D eigenvalue weighted by Crippen LogP contribution is 2.26. The summed E-state index contributed by atoms with van der Waals surface area (Å²) in [5.41, 5.74) is 2.92. The molecule has 8 nitrogen and oxygen atoms in total. The molecule has 1 unspecified atom stereocenters. The van der Waals surface area contributed by atoms with Crippen LogP contribution in [-0.2, 0) is 4.79 Å². The van der Waals surface area contributed by atoms with Gasteiger partial charge in [0, 0.05) is 69.2 Å². The van der Waals surface area contributed by atoms with Crippen LogP contribution >= 0.6 is 23.4 Å². The summed E-state index contributed by atoms with van der Waals surface area (Å²) in [7, 11) is 0. The van der Waals surface area contributed by atoms with E-state index in [1.54, 1.807) is 11.0 Å². The zero-order chi connectivity index (χ0) is 28.2. The van der Waals surface area contributed by atoms with Crippen LogP contribution in [0.5, 0.6) is 0 Å². The number of nitrogens with zero attached hydrogens (tertiary/aromatic N) is 6. The molecule has 0 N–H and O–H groups in total. The van der Waals surface area contributed by atoms with Gasteiger partial charge in [-0.15, -0.1) is 0 Å². The number of anilines is 2. The van der Waals surface area contributed by atoms with Gasteiger partial charge in [-0.25, -0.2) is 14.4 Å². The molecule has 3 heterocycles. The molecule has 2 aromatic carbocycles. The summed E-state index contributed by atoms with van der Waals surface area (Å²) in [6.45, 7) is 8.66. The summed E-state index contributed by atoms with van der Waals surface area (Å²) in [4.78, 5) is 43.0. The van der Waals surface area contributed by atoms with Crippen molar-refractivity contribution in [3.8, 4) is 0 Å². The first-order valence-electron chi connectivity index (χ1n) is 13.4. The zero-order valence-electron chi connectivity index (χ0n) is 22.6. The smallest absolute Gasteiger partial charge is 0.254 e. The first-order valence-corrected chi connectivity index (χ1v) is 14.7. The Morgan fingerprint density at radius 3 is 2.38 bits per heavy atom. The highest BCUT2D eigenvalue weighted by atomic mass is 35.5. The lowest BCUT2D eigenvalue weighted by atomic mass is 10.1. The average molecular weight is 583 g/mol. The third kappa shape index (κ3) is 6.50. The van der Waals surface area contributed by atoms with Crippen LogP contribution < -0.4 is 9.80 Å². The maximum atomic E-state index is 13.3. The number of benzene rings is 2. The van der Waals surface area contributed by atoms with Gasteiger partial charge in [-0.3, -0.25) is 9.59 Å². The Labute approximate surface area is 243 Å². The Balaban J connectivity index is 1.15. The number of piperazine rings is 2. The van der Waals surface area contributed by atoms with Crippen molar-refractivity contribution in [2.24, 2.45) is 0 Å². The number of hydrogen-bond acceptors (Lipinski definition) is 7. The van der Waals surface area contributed by atoms with Crippen LogP contribution in [0.1, 0.15) is 22.8 Å². The second-order valence-electron chi connectivity index (χ2n) is 10.1. The SMILES string of the molecule is Cc1ccccc1N1CCN(C(=O)CSc2nc(Cl)cc(N3CCN(C(=O)c4ccc(F)cc4)C(C)C3)n2)CC1. The number of hydrogen-bond donors (Lipinski definition) is 0. The number of carbonyl (C=O) groups is 2. The van der Waals surface area contributed by atoms with Crippen molar-refractivity contribution < 1.29 is 14.0 Å². The minimum absolute atomic E-state index is 0.0566.